The molecule has 0 radical (unpaired) electrons. The summed E-state index contributed by atoms with van der Waals surface area (Å²) in [6.45, 7) is 6.94. The molecule has 0 saturated carbocycles. The molecule has 0 heterocycles. The SMILES string of the molecule is C.C.CC[N+](CO)(CCNC)CCNC(=O)CCCCCOC. The van der Waals surface area contributed by atoms with Gasteiger partial charge in [-0.1, -0.05) is 21.3 Å². The molecule has 142 valence electrons. The smallest absolute Gasteiger partial charge is 0.220 e. The highest BCUT2D eigenvalue weighted by molar-refractivity contribution is 5.75. The Bertz CT molecular complexity index is 259. The van der Waals surface area contributed by atoms with E-state index in [1.54, 1.807) is 7.11 Å². The van der Waals surface area contributed by atoms with Crippen LogP contribution in [0.25, 0.3) is 0 Å². The highest BCUT2D eigenvalue weighted by Gasteiger charge is 2.23. The lowest BCUT2D eigenvalue weighted by molar-refractivity contribution is -0.941. The fourth-order valence-electron chi connectivity index (χ4n) is 2.25. The Morgan fingerprint density at radius 1 is 1.13 bits per heavy atom. The van der Waals surface area contributed by atoms with Crippen molar-refractivity contribution in [1.82, 2.24) is 10.6 Å². The summed E-state index contributed by atoms with van der Waals surface area (Å²) >= 11 is 0. The number of unbranched alkanes of at least 4 members (excludes halogenated alkanes) is 2. The number of methoxy groups -OCH3 is 1. The maximum absolute atomic E-state index is 11.7. The van der Waals surface area contributed by atoms with Crippen LogP contribution in [0.4, 0.5) is 0 Å². The maximum Gasteiger partial charge on any atom is 0.220 e. The lowest BCUT2D eigenvalue weighted by Crippen LogP contribution is -2.54. The molecule has 0 spiro atoms. The number of hydrogen-bond acceptors (Lipinski definition) is 4. The molecular formula is C17H42N3O3+. The van der Waals surface area contributed by atoms with Gasteiger partial charge in [0.1, 0.15) is 0 Å². The average Bonchev–Trinajstić information content (AvgIpc) is 2.51. The van der Waals surface area contributed by atoms with Crippen molar-refractivity contribution in [3.8, 4) is 0 Å². The zero-order chi connectivity index (χ0) is 16.0. The van der Waals surface area contributed by atoms with Crippen LogP contribution < -0.4 is 10.6 Å². The van der Waals surface area contributed by atoms with Gasteiger partial charge in [-0.15, -0.1) is 0 Å². The fraction of sp³-hybridized carbons (Fsp3) is 0.941. The number of quaternary nitrogens is 1. The first-order valence-electron chi connectivity index (χ1n) is 8.00. The van der Waals surface area contributed by atoms with Gasteiger partial charge in [0.25, 0.3) is 0 Å². The van der Waals surface area contributed by atoms with Crippen LogP contribution in [0.5, 0.6) is 0 Å². The number of aliphatic hydroxyl groups excluding tert-OH is 1. The zero-order valence-corrected chi connectivity index (χ0v) is 14.0. The molecule has 0 aromatic heterocycles. The van der Waals surface area contributed by atoms with Crippen molar-refractivity contribution in [1.29, 1.82) is 0 Å². The Kier molecular flexibility index (Phi) is 20.9. The van der Waals surface area contributed by atoms with Crippen molar-refractivity contribution in [3.63, 3.8) is 0 Å². The predicted octanol–water partition coefficient (Wildman–Crippen LogP) is 1.59. The molecule has 0 aliphatic heterocycles. The van der Waals surface area contributed by atoms with E-state index in [0.29, 0.717) is 17.4 Å². The Labute approximate surface area is 144 Å². The minimum atomic E-state index is 0. The molecule has 23 heavy (non-hydrogen) atoms. The van der Waals surface area contributed by atoms with Gasteiger partial charge in [0.2, 0.25) is 5.91 Å². The molecule has 0 bridgehead atoms. The monoisotopic (exact) mass is 336 g/mol. The molecule has 6 heteroatoms. The van der Waals surface area contributed by atoms with Crippen molar-refractivity contribution in [2.24, 2.45) is 0 Å². The van der Waals surface area contributed by atoms with Gasteiger partial charge in [0.15, 0.2) is 6.73 Å². The van der Waals surface area contributed by atoms with Crippen LogP contribution in [-0.2, 0) is 9.53 Å². The summed E-state index contributed by atoms with van der Waals surface area (Å²) in [6, 6.07) is 0. The van der Waals surface area contributed by atoms with Crippen LogP contribution >= 0.6 is 0 Å². The quantitative estimate of drug-likeness (QED) is 0.256. The maximum atomic E-state index is 11.7. The van der Waals surface area contributed by atoms with Crippen LogP contribution in [0.15, 0.2) is 0 Å². The molecule has 0 rings (SSSR count). The molecule has 1 unspecified atom stereocenters. The Morgan fingerprint density at radius 3 is 2.30 bits per heavy atom. The summed E-state index contributed by atoms with van der Waals surface area (Å²) in [6.07, 6.45) is 3.51. The van der Waals surface area contributed by atoms with E-state index in [1.165, 1.54) is 0 Å². The van der Waals surface area contributed by atoms with Crippen LogP contribution in [0.3, 0.4) is 0 Å². The first-order valence-corrected chi connectivity index (χ1v) is 8.00. The number of nitrogens with one attached hydrogen (secondary N) is 2. The summed E-state index contributed by atoms with van der Waals surface area (Å²) < 4.78 is 5.60. The first-order chi connectivity index (χ1) is 10.1. The Morgan fingerprint density at radius 2 is 1.78 bits per heavy atom. The number of ether oxygens (including phenoxy) is 1. The number of amides is 1. The minimum Gasteiger partial charge on any atom is -0.385 e. The van der Waals surface area contributed by atoms with E-state index in [2.05, 4.69) is 17.6 Å². The van der Waals surface area contributed by atoms with E-state index in [0.717, 1.165) is 52.0 Å². The average molecular weight is 337 g/mol. The second-order valence-electron chi connectivity index (χ2n) is 5.50. The number of carbonyl (C=O) groups excluding carboxylic acids is 1. The molecule has 3 N–H and O–H groups in total. The van der Waals surface area contributed by atoms with Gasteiger partial charge >= 0.3 is 0 Å². The van der Waals surface area contributed by atoms with E-state index in [4.69, 9.17) is 4.74 Å². The normalized spacial score (nSPS) is 12.7. The number of nitrogens with zero attached hydrogens (tertiary/aromatic N) is 1. The molecule has 6 nitrogen and oxygen atoms in total. The molecule has 1 amide bonds. The van der Waals surface area contributed by atoms with Gasteiger partial charge in [-0.25, -0.2) is 0 Å². The van der Waals surface area contributed by atoms with E-state index >= 15 is 0 Å². The lowest BCUT2D eigenvalue weighted by atomic mass is 10.2. The third-order valence-corrected chi connectivity index (χ3v) is 3.97. The summed E-state index contributed by atoms with van der Waals surface area (Å²) in [7, 11) is 3.60. The lowest BCUT2D eigenvalue weighted by Gasteiger charge is -2.35. The third-order valence-electron chi connectivity index (χ3n) is 3.97. The summed E-state index contributed by atoms with van der Waals surface area (Å²) in [4.78, 5) is 11.7. The fourth-order valence-corrected chi connectivity index (χ4v) is 2.25. The number of aliphatic hydroxyl groups is 1. The first kappa shape index (κ1) is 27.2. The topological polar surface area (TPSA) is 70.6 Å². The minimum absolute atomic E-state index is 0. The van der Waals surface area contributed by atoms with E-state index < -0.39 is 0 Å². The molecular weight excluding hydrogens is 294 g/mol. The van der Waals surface area contributed by atoms with Crippen molar-refractivity contribution in [2.45, 2.75) is 47.5 Å². The largest absolute Gasteiger partial charge is 0.385 e. The van der Waals surface area contributed by atoms with E-state index in [9.17, 15) is 9.90 Å². The van der Waals surface area contributed by atoms with Crippen molar-refractivity contribution >= 4 is 5.91 Å². The molecule has 1 atom stereocenters. The van der Waals surface area contributed by atoms with E-state index in [1.807, 2.05) is 7.05 Å². The van der Waals surface area contributed by atoms with E-state index in [-0.39, 0.29) is 27.5 Å². The third kappa shape index (κ3) is 13.4. The Balaban J connectivity index is -0.00000200. The molecule has 0 saturated heterocycles. The highest BCUT2D eigenvalue weighted by Crippen LogP contribution is 2.04. The summed E-state index contributed by atoms with van der Waals surface area (Å²) in [5.41, 5.74) is 0. The number of carbonyl (C=O) groups is 1. The van der Waals surface area contributed by atoms with Crippen molar-refractivity contribution in [2.75, 3.05) is 60.2 Å². The number of likely N-dealkylation sites (N-methyl/N-ethyl adjacent to an activating group) is 2. The second kappa shape index (κ2) is 17.7. The van der Waals surface area contributed by atoms with Crippen LogP contribution in [-0.4, -0.2) is 75.7 Å². The van der Waals surface area contributed by atoms with Crippen LogP contribution in [0.2, 0.25) is 0 Å². The van der Waals surface area contributed by atoms with Gasteiger partial charge < -0.3 is 20.5 Å². The Hall–Kier alpha value is -0.690. The number of hydrogen-bond donors (Lipinski definition) is 3. The standard InChI is InChI=1S/C15H33N3O3.2CH4/c1-4-18(14-19,11-9-16-2)12-10-17-15(20)8-6-5-7-13-21-3;;/h16,19H,4-14H2,1-3H3;2*1H4/p+1. The second-order valence-corrected chi connectivity index (χ2v) is 5.50. The van der Waals surface area contributed by atoms with Crippen molar-refractivity contribution < 1.29 is 19.1 Å². The molecule has 0 aliphatic rings. The van der Waals surface area contributed by atoms with Gasteiger partial charge in [-0.05, 0) is 26.8 Å². The zero-order valence-electron chi connectivity index (χ0n) is 14.0. The highest BCUT2D eigenvalue weighted by atomic mass is 16.5. The summed E-state index contributed by atoms with van der Waals surface area (Å²) in [5, 5.41) is 15.7. The number of rotatable bonds is 14. The van der Waals surface area contributed by atoms with Gasteiger partial charge in [-0.3, -0.25) is 9.28 Å². The summed E-state index contributed by atoms with van der Waals surface area (Å²) in [5.74, 6) is 0.105. The van der Waals surface area contributed by atoms with Gasteiger partial charge in [0.05, 0.1) is 26.2 Å². The van der Waals surface area contributed by atoms with Crippen molar-refractivity contribution in [3.05, 3.63) is 0 Å². The molecule has 0 aromatic carbocycles. The van der Waals surface area contributed by atoms with Gasteiger partial charge in [0, 0.05) is 26.7 Å². The van der Waals surface area contributed by atoms with Crippen LogP contribution in [0.1, 0.15) is 47.5 Å². The molecule has 0 aromatic rings. The predicted molar refractivity (Wildman–Crippen MR) is 98.4 cm³/mol. The van der Waals surface area contributed by atoms with Crippen LogP contribution in [0, 0.1) is 0 Å². The van der Waals surface area contributed by atoms with Gasteiger partial charge in [-0.2, -0.15) is 0 Å². The molecule has 0 fully saturated rings. The molecule has 0 aliphatic carbocycles.